The van der Waals surface area contributed by atoms with E-state index in [4.69, 9.17) is 9.63 Å². The van der Waals surface area contributed by atoms with Crippen LogP contribution in [0.3, 0.4) is 0 Å². The topological polar surface area (TPSA) is 79.5 Å². The molecule has 0 saturated carbocycles. The van der Waals surface area contributed by atoms with E-state index in [1.54, 1.807) is 19.1 Å². The number of aromatic nitrogens is 2. The van der Waals surface area contributed by atoms with E-state index in [0.29, 0.717) is 48.8 Å². The van der Waals surface area contributed by atoms with Gasteiger partial charge in [0.25, 0.3) is 0 Å². The second kappa shape index (κ2) is 6.68. The Morgan fingerprint density at radius 3 is 2.75 bits per heavy atom. The van der Waals surface area contributed by atoms with Gasteiger partial charge in [0.2, 0.25) is 11.7 Å². The van der Waals surface area contributed by atoms with Crippen LogP contribution in [-0.4, -0.2) is 39.2 Å². The lowest BCUT2D eigenvalue weighted by molar-refractivity contribution is -0.143. The number of carboxylic acids is 1. The predicted octanol–water partition coefficient (Wildman–Crippen LogP) is 3.04. The van der Waals surface area contributed by atoms with Gasteiger partial charge in [-0.1, -0.05) is 5.16 Å². The monoisotopic (exact) mass is 333 g/mol. The van der Waals surface area contributed by atoms with Crippen molar-refractivity contribution in [2.24, 2.45) is 5.92 Å². The molecule has 0 amide bonds. The average molecular weight is 333 g/mol. The van der Waals surface area contributed by atoms with Crippen molar-refractivity contribution in [3.8, 4) is 11.4 Å². The quantitative estimate of drug-likeness (QED) is 0.926. The molecule has 7 heteroatoms. The van der Waals surface area contributed by atoms with Crippen molar-refractivity contribution in [2.75, 3.05) is 13.1 Å². The number of hydrogen-bond donors (Lipinski definition) is 1. The van der Waals surface area contributed by atoms with Crippen molar-refractivity contribution < 1.29 is 18.8 Å². The molecule has 2 heterocycles. The molecule has 1 aromatic heterocycles. The first kappa shape index (κ1) is 16.6. The Kier molecular flexibility index (Phi) is 4.62. The van der Waals surface area contributed by atoms with E-state index in [1.165, 1.54) is 6.07 Å². The minimum absolute atomic E-state index is 0.0810. The zero-order valence-corrected chi connectivity index (χ0v) is 13.7. The molecule has 0 aliphatic carbocycles. The molecule has 1 saturated heterocycles. The number of carbonyl (C=O) groups is 1. The lowest BCUT2D eigenvalue weighted by atomic mass is 9.96. The summed E-state index contributed by atoms with van der Waals surface area (Å²) in [5, 5.41) is 13.1. The molecule has 1 N–H and O–H groups in total. The summed E-state index contributed by atoms with van der Waals surface area (Å²) in [7, 11) is 0. The number of nitrogens with zero attached hydrogens (tertiary/aromatic N) is 3. The largest absolute Gasteiger partial charge is 0.481 e. The first-order chi connectivity index (χ1) is 11.5. The third-order valence-electron chi connectivity index (χ3n) is 4.64. The van der Waals surface area contributed by atoms with Gasteiger partial charge in [-0.05, 0) is 63.5 Å². The van der Waals surface area contributed by atoms with Crippen LogP contribution >= 0.6 is 0 Å². The van der Waals surface area contributed by atoms with Crippen LogP contribution in [0.25, 0.3) is 11.4 Å². The van der Waals surface area contributed by atoms with Gasteiger partial charge in [-0.2, -0.15) is 4.98 Å². The molecule has 0 spiro atoms. The number of carboxylic acid groups (broad SMARTS) is 1. The van der Waals surface area contributed by atoms with Crippen LogP contribution in [-0.2, 0) is 4.79 Å². The highest BCUT2D eigenvalue weighted by atomic mass is 19.1. The SMILES string of the molecule is Cc1cc(-c2noc(C(C)N3CCC(C(=O)O)CC3)n2)ccc1F. The fourth-order valence-electron chi connectivity index (χ4n) is 3.00. The van der Waals surface area contributed by atoms with E-state index < -0.39 is 5.97 Å². The second-order valence-corrected chi connectivity index (χ2v) is 6.24. The number of halogens is 1. The van der Waals surface area contributed by atoms with Crippen LogP contribution in [0.2, 0.25) is 0 Å². The van der Waals surface area contributed by atoms with Crippen LogP contribution < -0.4 is 0 Å². The standard InChI is InChI=1S/C17H20FN3O3/c1-10-9-13(3-4-14(10)18)15-19-16(24-20-15)11(2)21-7-5-12(6-8-21)17(22)23/h3-4,9,11-12H,5-8H2,1-2H3,(H,22,23). The van der Waals surface area contributed by atoms with Gasteiger partial charge in [0.15, 0.2) is 0 Å². The number of benzene rings is 1. The number of rotatable bonds is 4. The maximum Gasteiger partial charge on any atom is 0.306 e. The molecular weight excluding hydrogens is 313 g/mol. The fraction of sp³-hybridized carbons (Fsp3) is 0.471. The highest BCUT2D eigenvalue weighted by Gasteiger charge is 2.29. The summed E-state index contributed by atoms with van der Waals surface area (Å²) >= 11 is 0. The van der Waals surface area contributed by atoms with Crippen LogP contribution in [0.1, 0.15) is 37.3 Å². The normalized spacial score (nSPS) is 17.8. The van der Waals surface area contributed by atoms with Crippen LogP contribution in [0.15, 0.2) is 22.7 Å². The van der Waals surface area contributed by atoms with Gasteiger partial charge in [0.1, 0.15) is 5.82 Å². The minimum Gasteiger partial charge on any atom is -0.481 e. The summed E-state index contributed by atoms with van der Waals surface area (Å²) in [6.07, 6.45) is 1.25. The van der Waals surface area contributed by atoms with E-state index in [9.17, 15) is 9.18 Å². The predicted molar refractivity (Wildman–Crippen MR) is 84.8 cm³/mol. The number of aliphatic carboxylic acids is 1. The molecule has 128 valence electrons. The van der Waals surface area contributed by atoms with E-state index in [1.807, 2.05) is 6.92 Å². The summed E-state index contributed by atoms with van der Waals surface area (Å²) in [4.78, 5) is 17.6. The second-order valence-electron chi connectivity index (χ2n) is 6.24. The first-order valence-corrected chi connectivity index (χ1v) is 8.02. The summed E-state index contributed by atoms with van der Waals surface area (Å²) < 4.78 is 18.7. The zero-order valence-electron chi connectivity index (χ0n) is 13.7. The highest BCUT2D eigenvalue weighted by Crippen LogP contribution is 2.27. The molecule has 6 nitrogen and oxygen atoms in total. The van der Waals surface area contributed by atoms with Crippen LogP contribution in [0.4, 0.5) is 4.39 Å². The van der Waals surface area contributed by atoms with Gasteiger partial charge >= 0.3 is 5.97 Å². The van der Waals surface area contributed by atoms with Crippen molar-refractivity contribution in [3.63, 3.8) is 0 Å². The van der Waals surface area contributed by atoms with E-state index in [0.717, 1.165) is 0 Å². The van der Waals surface area contributed by atoms with Crippen molar-refractivity contribution >= 4 is 5.97 Å². The molecule has 1 aromatic carbocycles. The lowest BCUT2D eigenvalue weighted by Gasteiger charge is -2.32. The molecule has 1 aliphatic heterocycles. The minimum atomic E-state index is -0.728. The van der Waals surface area contributed by atoms with Gasteiger partial charge in [0.05, 0.1) is 12.0 Å². The summed E-state index contributed by atoms with van der Waals surface area (Å²) in [6, 6.07) is 4.62. The molecule has 3 rings (SSSR count). The highest BCUT2D eigenvalue weighted by molar-refractivity contribution is 5.70. The Hall–Kier alpha value is -2.28. The van der Waals surface area contributed by atoms with E-state index in [2.05, 4.69) is 15.0 Å². The molecule has 1 atom stereocenters. The summed E-state index contributed by atoms with van der Waals surface area (Å²) in [5.41, 5.74) is 1.24. The Morgan fingerprint density at radius 2 is 2.12 bits per heavy atom. The molecule has 2 aromatic rings. The van der Waals surface area contributed by atoms with Gasteiger partial charge < -0.3 is 9.63 Å². The summed E-state index contributed by atoms with van der Waals surface area (Å²) in [6.45, 7) is 5.03. The number of hydrogen-bond acceptors (Lipinski definition) is 5. The fourth-order valence-corrected chi connectivity index (χ4v) is 3.00. The number of aryl methyl sites for hydroxylation is 1. The van der Waals surface area contributed by atoms with E-state index >= 15 is 0 Å². The lowest BCUT2D eigenvalue weighted by Crippen LogP contribution is -2.37. The zero-order chi connectivity index (χ0) is 17.3. The Morgan fingerprint density at radius 1 is 1.42 bits per heavy atom. The number of likely N-dealkylation sites (tertiary alicyclic amines) is 1. The first-order valence-electron chi connectivity index (χ1n) is 8.02. The molecule has 0 radical (unpaired) electrons. The third-order valence-corrected chi connectivity index (χ3v) is 4.64. The van der Waals surface area contributed by atoms with Gasteiger partial charge in [-0.15, -0.1) is 0 Å². The van der Waals surface area contributed by atoms with Gasteiger partial charge in [-0.3, -0.25) is 9.69 Å². The maximum absolute atomic E-state index is 13.4. The molecule has 0 bridgehead atoms. The van der Waals surface area contributed by atoms with Crippen molar-refractivity contribution in [1.29, 1.82) is 0 Å². The number of piperidine rings is 1. The third kappa shape index (κ3) is 3.31. The molecule has 1 unspecified atom stereocenters. The van der Waals surface area contributed by atoms with Gasteiger partial charge in [0, 0.05) is 5.56 Å². The molecule has 24 heavy (non-hydrogen) atoms. The van der Waals surface area contributed by atoms with Crippen LogP contribution in [0, 0.1) is 18.7 Å². The van der Waals surface area contributed by atoms with Crippen molar-refractivity contribution in [2.45, 2.75) is 32.7 Å². The summed E-state index contributed by atoms with van der Waals surface area (Å²) in [5.74, 6) is -0.346. The van der Waals surface area contributed by atoms with Crippen LogP contribution in [0.5, 0.6) is 0 Å². The smallest absolute Gasteiger partial charge is 0.306 e. The molecule has 1 fully saturated rings. The van der Waals surface area contributed by atoms with E-state index in [-0.39, 0.29) is 17.8 Å². The molecule has 1 aliphatic rings. The van der Waals surface area contributed by atoms with Crippen molar-refractivity contribution in [3.05, 3.63) is 35.5 Å². The maximum atomic E-state index is 13.4. The van der Waals surface area contributed by atoms with Crippen molar-refractivity contribution in [1.82, 2.24) is 15.0 Å². The Labute approximate surface area is 139 Å². The molecular formula is C17H20FN3O3. The van der Waals surface area contributed by atoms with Gasteiger partial charge in [-0.25, -0.2) is 4.39 Å². The Bertz CT molecular complexity index is 738. The Balaban J connectivity index is 1.71. The average Bonchev–Trinajstić information content (AvgIpc) is 3.07.